The Morgan fingerprint density at radius 2 is 2.14 bits per heavy atom. The van der Waals surface area contributed by atoms with Crippen LogP contribution in [-0.4, -0.2) is 17.0 Å². The number of rotatable bonds is 1. The van der Waals surface area contributed by atoms with E-state index in [1.54, 1.807) is 7.11 Å². The lowest BCUT2D eigenvalue weighted by Gasteiger charge is -2.19. The number of aromatic nitrogens is 1. The minimum atomic E-state index is -0.414. The topological polar surface area (TPSA) is 51.5 Å². The van der Waals surface area contributed by atoms with Gasteiger partial charge < -0.3 is 9.94 Å². The predicted octanol–water partition coefficient (Wildman–Crippen LogP) is 0.973. The fourth-order valence-corrected chi connectivity index (χ4v) is 1.96. The third-order valence-corrected chi connectivity index (χ3v) is 2.68. The minimum Gasteiger partial charge on any atom is -0.496 e. The van der Waals surface area contributed by atoms with Gasteiger partial charge in [0.1, 0.15) is 5.75 Å². The van der Waals surface area contributed by atoms with Crippen LogP contribution >= 0.6 is 0 Å². The molecule has 2 rings (SSSR count). The van der Waals surface area contributed by atoms with Crippen LogP contribution in [-0.2, 0) is 12.8 Å². The molecule has 0 saturated heterocycles. The van der Waals surface area contributed by atoms with Crippen molar-refractivity contribution in [1.29, 1.82) is 0 Å². The second-order valence-corrected chi connectivity index (χ2v) is 3.50. The van der Waals surface area contributed by atoms with Crippen LogP contribution in [0.1, 0.15) is 24.1 Å². The van der Waals surface area contributed by atoms with Crippen LogP contribution < -0.4 is 10.3 Å². The van der Waals surface area contributed by atoms with E-state index in [9.17, 15) is 10.0 Å². The quantitative estimate of drug-likeness (QED) is 0.679. The fraction of sp³-hybridized carbons (Fsp3) is 0.500. The van der Waals surface area contributed by atoms with Gasteiger partial charge in [0.05, 0.1) is 12.8 Å². The van der Waals surface area contributed by atoms with Gasteiger partial charge in [0.25, 0.3) is 5.56 Å². The molecule has 1 aromatic rings. The first kappa shape index (κ1) is 9.12. The number of methoxy groups -OCH3 is 1. The van der Waals surface area contributed by atoms with E-state index in [1.807, 2.05) is 0 Å². The maximum absolute atomic E-state index is 11.3. The zero-order chi connectivity index (χ0) is 10.1. The second kappa shape index (κ2) is 3.36. The van der Waals surface area contributed by atoms with Gasteiger partial charge in [-0.25, -0.2) is 0 Å². The molecule has 4 heteroatoms. The van der Waals surface area contributed by atoms with Crippen LogP contribution in [0.25, 0.3) is 0 Å². The van der Waals surface area contributed by atoms with Crippen molar-refractivity contribution in [3.8, 4) is 5.75 Å². The summed E-state index contributed by atoms with van der Waals surface area (Å²) in [6.07, 6.45) is 3.72. The summed E-state index contributed by atoms with van der Waals surface area (Å²) in [5, 5.41) is 9.51. The summed E-state index contributed by atoms with van der Waals surface area (Å²) in [4.78, 5) is 11.3. The van der Waals surface area contributed by atoms with Crippen molar-refractivity contribution < 1.29 is 9.94 Å². The van der Waals surface area contributed by atoms with Crippen LogP contribution in [0.2, 0.25) is 0 Å². The van der Waals surface area contributed by atoms with Crippen molar-refractivity contribution >= 4 is 0 Å². The van der Waals surface area contributed by atoms with Crippen LogP contribution in [0.15, 0.2) is 10.9 Å². The largest absolute Gasteiger partial charge is 0.496 e. The highest BCUT2D eigenvalue weighted by molar-refractivity contribution is 5.37. The van der Waals surface area contributed by atoms with Crippen molar-refractivity contribution in [2.24, 2.45) is 0 Å². The molecular weight excluding hydrogens is 182 g/mol. The number of nitrogens with zero attached hydrogens (tertiary/aromatic N) is 1. The Bertz CT molecular complexity index is 409. The molecule has 0 radical (unpaired) electrons. The van der Waals surface area contributed by atoms with Gasteiger partial charge in [0.2, 0.25) is 0 Å². The zero-order valence-corrected chi connectivity index (χ0v) is 8.12. The Hall–Kier alpha value is -1.45. The fourth-order valence-electron chi connectivity index (χ4n) is 1.96. The van der Waals surface area contributed by atoms with E-state index in [0.717, 1.165) is 36.0 Å². The van der Waals surface area contributed by atoms with Crippen molar-refractivity contribution in [1.82, 2.24) is 4.73 Å². The van der Waals surface area contributed by atoms with E-state index in [4.69, 9.17) is 4.74 Å². The average Bonchev–Trinajstić information content (AvgIpc) is 2.23. The third-order valence-electron chi connectivity index (χ3n) is 2.68. The zero-order valence-electron chi connectivity index (χ0n) is 8.12. The molecule has 0 unspecified atom stereocenters. The molecule has 76 valence electrons. The Morgan fingerprint density at radius 3 is 2.86 bits per heavy atom. The van der Waals surface area contributed by atoms with Crippen LogP contribution in [0.3, 0.4) is 0 Å². The summed E-state index contributed by atoms with van der Waals surface area (Å²) in [6.45, 7) is 0. The Kier molecular flexibility index (Phi) is 2.19. The summed E-state index contributed by atoms with van der Waals surface area (Å²) in [7, 11) is 1.55. The van der Waals surface area contributed by atoms with Crippen LogP contribution in [0.5, 0.6) is 5.75 Å². The molecule has 0 fully saturated rings. The summed E-state index contributed by atoms with van der Waals surface area (Å²) < 4.78 is 5.87. The molecule has 0 atom stereocenters. The molecule has 0 aromatic carbocycles. The minimum absolute atomic E-state index is 0.414. The highest BCUT2D eigenvalue weighted by atomic mass is 16.5. The summed E-state index contributed by atoms with van der Waals surface area (Å²) >= 11 is 0. The molecule has 0 spiro atoms. The molecule has 4 nitrogen and oxygen atoms in total. The average molecular weight is 195 g/mol. The number of pyridine rings is 1. The molecule has 0 saturated carbocycles. The van der Waals surface area contributed by atoms with Gasteiger partial charge in [-0.1, -0.05) is 0 Å². The summed E-state index contributed by atoms with van der Waals surface area (Å²) in [6, 6.07) is 1.34. The van der Waals surface area contributed by atoms with Gasteiger partial charge in [-0.15, -0.1) is 0 Å². The van der Waals surface area contributed by atoms with Gasteiger partial charge in [0, 0.05) is 11.6 Å². The molecule has 1 aromatic heterocycles. The maximum Gasteiger partial charge on any atom is 0.286 e. The van der Waals surface area contributed by atoms with E-state index in [1.165, 1.54) is 6.07 Å². The van der Waals surface area contributed by atoms with E-state index in [2.05, 4.69) is 0 Å². The lowest BCUT2D eigenvalue weighted by Crippen LogP contribution is -2.24. The second-order valence-electron chi connectivity index (χ2n) is 3.50. The van der Waals surface area contributed by atoms with E-state index in [-0.39, 0.29) is 0 Å². The van der Waals surface area contributed by atoms with Crippen molar-refractivity contribution in [2.75, 3.05) is 7.11 Å². The standard InChI is InChI=1S/C10H13NO3/c1-14-9-6-10(12)11(13)8-5-3-2-4-7(8)9/h6,13H,2-5H2,1H3. The Balaban J connectivity index is 2.66. The molecule has 14 heavy (non-hydrogen) atoms. The van der Waals surface area contributed by atoms with Crippen LogP contribution in [0, 0.1) is 0 Å². The first-order chi connectivity index (χ1) is 6.74. The molecule has 1 aliphatic rings. The van der Waals surface area contributed by atoms with Gasteiger partial charge in [-0.3, -0.25) is 4.79 Å². The monoisotopic (exact) mass is 195 g/mol. The van der Waals surface area contributed by atoms with Crippen LogP contribution in [0.4, 0.5) is 0 Å². The van der Waals surface area contributed by atoms with Crippen molar-refractivity contribution in [2.45, 2.75) is 25.7 Å². The van der Waals surface area contributed by atoms with Crippen molar-refractivity contribution in [3.63, 3.8) is 0 Å². The molecule has 1 aliphatic carbocycles. The Labute approximate surface area is 81.7 Å². The smallest absolute Gasteiger partial charge is 0.286 e. The molecule has 0 bridgehead atoms. The highest BCUT2D eigenvalue weighted by Gasteiger charge is 2.18. The van der Waals surface area contributed by atoms with E-state index < -0.39 is 5.56 Å². The third kappa shape index (κ3) is 1.27. The summed E-state index contributed by atoms with van der Waals surface area (Å²) in [5.41, 5.74) is 1.27. The first-order valence-electron chi connectivity index (χ1n) is 4.75. The number of hydrogen-bond donors (Lipinski definition) is 1. The summed E-state index contributed by atoms with van der Waals surface area (Å²) in [5.74, 6) is 0.606. The first-order valence-corrected chi connectivity index (χ1v) is 4.75. The molecule has 1 N–H and O–H groups in total. The molecular formula is C10H13NO3. The van der Waals surface area contributed by atoms with Gasteiger partial charge in [0.15, 0.2) is 0 Å². The number of hydrogen-bond acceptors (Lipinski definition) is 3. The SMILES string of the molecule is COc1cc(=O)n(O)c2c1CCCC2. The number of fused-ring (bicyclic) bond motifs is 1. The molecule has 0 amide bonds. The maximum atomic E-state index is 11.3. The normalized spacial score (nSPS) is 14.9. The van der Waals surface area contributed by atoms with Gasteiger partial charge >= 0.3 is 0 Å². The number of ether oxygens (including phenoxy) is 1. The Morgan fingerprint density at radius 1 is 1.43 bits per heavy atom. The predicted molar refractivity (Wildman–Crippen MR) is 51.1 cm³/mol. The van der Waals surface area contributed by atoms with E-state index in [0.29, 0.717) is 11.4 Å². The van der Waals surface area contributed by atoms with Gasteiger partial charge in [-0.05, 0) is 25.7 Å². The van der Waals surface area contributed by atoms with Gasteiger partial charge in [-0.2, -0.15) is 4.73 Å². The van der Waals surface area contributed by atoms with Crippen molar-refractivity contribution in [3.05, 3.63) is 27.7 Å². The molecule has 1 heterocycles. The van der Waals surface area contributed by atoms with E-state index >= 15 is 0 Å². The highest BCUT2D eigenvalue weighted by Crippen LogP contribution is 2.27. The lowest BCUT2D eigenvalue weighted by molar-refractivity contribution is 0.160. The molecule has 0 aliphatic heterocycles. The lowest BCUT2D eigenvalue weighted by atomic mass is 9.95.